The molecule has 0 saturated carbocycles. The van der Waals surface area contributed by atoms with Crippen LogP contribution in [0, 0.1) is 0 Å². The van der Waals surface area contributed by atoms with Gasteiger partial charge in [-0.3, -0.25) is 0 Å². The molecule has 0 radical (unpaired) electrons. The highest BCUT2D eigenvalue weighted by molar-refractivity contribution is 7.90. The number of unbranched alkanes of at least 4 members (excludes halogenated alkanes) is 1. The molecule has 1 aromatic carbocycles. The number of rotatable bonds is 9. The van der Waals surface area contributed by atoms with Gasteiger partial charge in [0.1, 0.15) is 0 Å². The van der Waals surface area contributed by atoms with Crippen molar-refractivity contribution in [1.29, 1.82) is 0 Å². The summed E-state index contributed by atoms with van der Waals surface area (Å²) in [5, 5.41) is 5.42. The molecule has 0 aromatic heterocycles. The monoisotopic (exact) mass is 447 g/mol. The molecular formula is C20H28F3N3O3S. The molecule has 0 heterocycles. The van der Waals surface area contributed by atoms with E-state index in [1.807, 2.05) is 0 Å². The van der Waals surface area contributed by atoms with Crippen molar-refractivity contribution in [2.75, 3.05) is 24.2 Å². The lowest BCUT2D eigenvalue weighted by Crippen LogP contribution is -2.36. The first-order valence-corrected chi connectivity index (χ1v) is 12.1. The summed E-state index contributed by atoms with van der Waals surface area (Å²) in [6, 6.07) is 1.47. The summed E-state index contributed by atoms with van der Waals surface area (Å²) in [7, 11) is -3.81. The molecule has 6 nitrogen and oxygen atoms in total. The highest BCUT2D eigenvalue weighted by atomic mass is 32.2. The third kappa shape index (κ3) is 6.34. The fraction of sp³-hybridized carbons (Fsp3) is 0.650. The van der Waals surface area contributed by atoms with Crippen molar-refractivity contribution < 1.29 is 26.4 Å². The van der Waals surface area contributed by atoms with E-state index in [1.54, 1.807) is 0 Å². The van der Waals surface area contributed by atoms with Crippen molar-refractivity contribution >= 4 is 21.7 Å². The Morgan fingerprint density at radius 3 is 2.20 bits per heavy atom. The number of benzene rings is 1. The number of carbonyl (C=O) groups excluding carboxylic acids is 1. The molecule has 0 atom stereocenters. The van der Waals surface area contributed by atoms with Gasteiger partial charge in [0.15, 0.2) is 0 Å². The van der Waals surface area contributed by atoms with Crippen molar-refractivity contribution in [1.82, 2.24) is 10.0 Å². The molecule has 30 heavy (non-hydrogen) atoms. The maximum absolute atomic E-state index is 12.4. The smallest absolute Gasteiger partial charge is 0.316 e. The average molecular weight is 448 g/mol. The summed E-state index contributed by atoms with van der Waals surface area (Å²) in [5.74, 6) is -0.258. The molecule has 1 aromatic rings. The molecule has 10 heteroatoms. The van der Waals surface area contributed by atoms with E-state index in [2.05, 4.69) is 21.4 Å². The maximum atomic E-state index is 12.4. The quantitative estimate of drug-likeness (QED) is 0.506. The number of alkyl halides is 3. The first-order valence-electron chi connectivity index (χ1n) is 10.4. The molecule has 168 valence electrons. The number of amides is 2. The molecular weight excluding hydrogens is 419 g/mol. The Balaban J connectivity index is 1.46. The van der Waals surface area contributed by atoms with Crippen LogP contribution in [0.15, 0.2) is 6.07 Å². The van der Waals surface area contributed by atoms with Crippen LogP contribution >= 0.6 is 0 Å². The van der Waals surface area contributed by atoms with Gasteiger partial charge in [-0.25, -0.2) is 17.9 Å². The first-order chi connectivity index (χ1) is 14.1. The second kappa shape index (κ2) is 9.55. The van der Waals surface area contributed by atoms with Gasteiger partial charge in [-0.05, 0) is 80.2 Å². The van der Waals surface area contributed by atoms with Crippen LogP contribution in [0.3, 0.4) is 0 Å². The summed E-state index contributed by atoms with van der Waals surface area (Å²) in [6.07, 6.45) is 1.32. The molecule has 0 spiro atoms. The number of hydrogen-bond acceptors (Lipinski definition) is 4. The largest absolute Gasteiger partial charge is 0.390 e. The Morgan fingerprint density at radius 1 is 0.967 bits per heavy atom. The molecule has 2 aliphatic carbocycles. The van der Waals surface area contributed by atoms with Gasteiger partial charge in [0, 0.05) is 12.2 Å². The van der Waals surface area contributed by atoms with Crippen molar-refractivity contribution in [3.63, 3.8) is 0 Å². The fourth-order valence-corrected chi connectivity index (χ4v) is 5.22. The minimum atomic E-state index is -4.20. The highest BCUT2D eigenvalue weighted by Crippen LogP contribution is 2.38. The van der Waals surface area contributed by atoms with Crippen LogP contribution in [0.4, 0.5) is 23.7 Å². The predicted octanol–water partition coefficient (Wildman–Crippen LogP) is 3.44. The van der Waals surface area contributed by atoms with Crippen molar-refractivity contribution in [3.05, 3.63) is 28.3 Å². The van der Waals surface area contributed by atoms with E-state index in [1.165, 1.54) is 11.1 Å². The fourth-order valence-electron chi connectivity index (χ4n) is 4.20. The molecule has 0 saturated heterocycles. The zero-order valence-corrected chi connectivity index (χ0v) is 17.6. The van der Waals surface area contributed by atoms with Gasteiger partial charge in [0.05, 0.1) is 12.2 Å². The molecule has 0 fully saturated rings. The molecule has 3 rings (SSSR count). The van der Waals surface area contributed by atoms with Crippen LogP contribution < -0.4 is 15.4 Å². The average Bonchev–Trinajstić information content (AvgIpc) is 3.28. The summed E-state index contributed by atoms with van der Waals surface area (Å²) >= 11 is 0. The Bertz CT molecular complexity index is 853. The molecule has 0 bridgehead atoms. The van der Waals surface area contributed by atoms with Crippen LogP contribution in [0.25, 0.3) is 0 Å². The van der Waals surface area contributed by atoms with Gasteiger partial charge in [-0.15, -0.1) is 0 Å². The Hall–Kier alpha value is -1.81. The number of halogens is 3. The van der Waals surface area contributed by atoms with Crippen molar-refractivity contribution in [2.24, 2.45) is 0 Å². The molecule has 3 N–H and O–H groups in total. The summed E-state index contributed by atoms with van der Waals surface area (Å²) in [6.45, 7) is 0.0999. The third-order valence-electron chi connectivity index (χ3n) is 5.56. The van der Waals surface area contributed by atoms with Crippen LogP contribution in [0.5, 0.6) is 0 Å². The molecule has 2 aliphatic rings. The van der Waals surface area contributed by atoms with E-state index in [0.717, 1.165) is 55.3 Å². The lowest BCUT2D eigenvalue weighted by Gasteiger charge is -2.16. The SMILES string of the molecule is O=C(Nc1c2c(cc3c1CCC3)CCC2)NS(=O)(=O)CCCCNCCC(F)(F)F. The standard InChI is InChI=1S/C20H28F3N3O3S/c21-20(22,23)9-11-24-10-1-2-12-30(28,29)26-19(27)25-18-16-7-3-5-14(16)13-15-6-4-8-17(15)18/h13,24H,1-12H2,(H2,25,26,27). The van der Waals surface area contributed by atoms with E-state index >= 15 is 0 Å². The lowest BCUT2D eigenvalue weighted by atomic mass is 9.99. The lowest BCUT2D eigenvalue weighted by molar-refractivity contribution is -0.133. The normalized spacial score (nSPS) is 15.7. The Morgan fingerprint density at radius 2 is 1.60 bits per heavy atom. The third-order valence-corrected chi connectivity index (χ3v) is 6.88. The number of carbonyl (C=O) groups is 1. The summed E-state index contributed by atoms with van der Waals surface area (Å²) in [4.78, 5) is 12.4. The zero-order chi connectivity index (χ0) is 21.8. The van der Waals surface area contributed by atoms with Crippen molar-refractivity contribution in [2.45, 2.75) is 64.0 Å². The van der Waals surface area contributed by atoms with E-state index in [0.29, 0.717) is 13.0 Å². The van der Waals surface area contributed by atoms with Crippen LogP contribution in [-0.2, 0) is 35.7 Å². The number of aryl methyl sites for hydroxylation is 2. The first kappa shape index (κ1) is 22.9. The predicted molar refractivity (Wildman–Crippen MR) is 109 cm³/mol. The topological polar surface area (TPSA) is 87.3 Å². The second-order valence-corrected chi connectivity index (χ2v) is 9.77. The summed E-state index contributed by atoms with van der Waals surface area (Å²) in [5.41, 5.74) is 5.50. The van der Waals surface area contributed by atoms with Crippen LogP contribution in [0.2, 0.25) is 0 Å². The number of sulfonamides is 1. The van der Waals surface area contributed by atoms with Gasteiger partial charge < -0.3 is 10.6 Å². The summed E-state index contributed by atoms with van der Waals surface area (Å²) < 4.78 is 62.6. The molecule has 0 aliphatic heterocycles. The van der Waals surface area contributed by atoms with Crippen LogP contribution in [0.1, 0.15) is 54.4 Å². The minimum Gasteiger partial charge on any atom is -0.316 e. The van der Waals surface area contributed by atoms with Gasteiger partial charge in [0.2, 0.25) is 10.0 Å². The number of nitrogens with one attached hydrogen (secondary N) is 3. The minimum absolute atomic E-state index is 0.192. The zero-order valence-electron chi connectivity index (χ0n) is 16.8. The van der Waals surface area contributed by atoms with Gasteiger partial charge in [-0.1, -0.05) is 6.07 Å². The number of fused-ring (bicyclic) bond motifs is 2. The molecule has 2 amide bonds. The van der Waals surface area contributed by atoms with Crippen LogP contribution in [-0.4, -0.2) is 39.5 Å². The van der Waals surface area contributed by atoms with Gasteiger partial charge >= 0.3 is 12.2 Å². The van der Waals surface area contributed by atoms with E-state index in [4.69, 9.17) is 0 Å². The second-order valence-electron chi connectivity index (χ2n) is 7.93. The van der Waals surface area contributed by atoms with E-state index < -0.39 is 28.7 Å². The van der Waals surface area contributed by atoms with Gasteiger partial charge in [0.25, 0.3) is 0 Å². The van der Waals surface area contributed by atoms with E-state index in [-0.39, 0.29) is 18.7 Å². The Labute approximate surface area is 175 Å². The number of anilines is 1. The van der Waals surface area contributed by atoms with Crippen molar-refractivity contribution in [3.8, 4) is 0 Å². The maximum Gasteiger partial charge on any atom is 0.390 e. The molecule has 0 unspecified atom stereocenters. The highest BCUT2D eigenvalue weighted by Gasteiger charge is 2.27. The number of hydrogen-bond donors (Lipinski definition) is 3. The van der Waals surface area contributed by atoms with E-state index in [9.17, 15) is 26.4 Å². The Kier molecular flexibility index (Phi) is 7.28. The van der Waals surface area contributed by atoms with Gasteiger partial charge in [-0.2, -0.15) is 13.2 Å². The number of urea groups is 1.